The highest BCUT2D eigenvalue weighted by Gasteiger charge is 2.11. The third-order valence-electron chi connectivity index (χ3n) is 3.25. The summed E-state index contributed by atoms with van der Waals surface area (Å²) in [6.07, 6.45) is 0. The van der Waals surface area contributed by atoms with E-state index >= 15 is 0 Å². The van der Waals surface area contributed by atoms with E-state index in [4.69, 9.17) is 4.74 Å². The maximum atomic E-state index is 12.2. The van der Waals surface area contributed by atoms with Crippen molar-refractivity contribution < 1.29 is 14.3 Å². The van der Waals surface area contributed by atoms with Gasteiger partial charge in [-0.05, 0) is 29.8 Å². The van der Waals surface area contributed by atoms with Crippen LogP contribution >= 0.6 is 0 Å². The molecule has 22 heavy (non-hydrogen) atoms. The van der Waals surface area contributed by atoms with Gasteiger partial charge in [0, 0.05) is 19.2 Å². The Bertz CT molecular complexity index is 666. The van der Waals surface area contributed by atoms with Crippen molar-refractivity contribution in [2.45, 2.75) is 6.54 Å². The molecule has 0 heterocycles. The highest BCUT2D eigenvalue weighted by molar-refractivity contribution is 5.97. The lowest BCUT2D eigenvalue weighted by Crippen LogP contribution is -2.23. The van der Waals surface area contributed by atoms with Crippen molar-refractivity contribution >= 4 is 11.8 Å². The van der Waals surface area contributed by atoms with E-state index < -0.39 is 0 Å². The van der Waals surface area contributed by atoms with Crippen LogP contribution in [0.1, 0.15) is 26.3 Å². The average molecular weight is 298 g/mol. The number of methoxy groups -OCH3 is 1. The van der Waals surface area contributed by atoms with Crippen LogP contribution in [-0.4, -0.2) is 26.0 Å². The SMILES string of the molecule is CNC(=O)c1ccc(CNC(=O)c2ccccc2OC)cc1. The minimum atomic E-state index is -0.201. The molecule has 0 spiro atoms. The van der Waals surface area contributed by atoms with E-state index in [1.165, 1.54) is 7.11 Å². The fourth-order valence-corrected chi connectivity index (χ4v) is 2.03. The van der Waals surface area contributed by atoms with Crippen LogP contribution in [0.15, 0.2) is 48.5 Å². The lowest BCUT2D eigenvalue weighted by atomic mass is 10.1. The molecule has 0 saturated heterocycles. The van der Waals surface area contributed by atoms with Crippen LogP contribution < -0.4 is 15.4 Å². The first kappa shape index (κ1) is 15.6. The number of para-hydroxylation sites is 1. The van der Waals surface area contributed by atoms with Gasteiger partial charge in [-0.3, -0.25) is 9.59 Å². The third kappa shape index (κ3) is 3.63. The molecular weight excluding hydrogens is 280 g/mol. The van der Waals surface area contributed by atoms with Crippen LogP contribution in [0.3, 0.4) is 0 Å². The number of ether oxygens (including phenoxy) is 1. The molecule has 114 valence electrons. The topological polar surface area (TPSA) is 67.4 Å². The van der Waals surface area contributed by atoms with Gasteiger partial charge in [-0.2, -0.15) is 0 Å². The van der Waals surface area contributed by atoms with Gasteiger partial charge in [-0.15, -0.1) is 0 Å². The number of rotatable bonds is 5. The summed E-state index contributed by atoms with van der Waals surface area (Å²) in [5.41, 5.74) is 1.99. The Labute approximate surface area is 129 Å². The molecular formula is C17H18N2O3. The predicted molar refractivity (Wildman–Crippen MR) is 84.0 cm³/mol. The number of carbonyl (C=O) groups excluding carboxylic acids is 2. The second-order valence-electron chi connectivity index (χ2n) is 4.66. The molecule has 0 aliphatic heterocycles. The fraction of sp³-hybridized carbons (Fsp3) is 0.176. The average Bonchev–Trinajstić information content (AvgIpc) is 2.59. The fourth-order valence-electron chi connectivity index (χ4n) is 2.03. The van der Waals surface area contributed by atoms with Gasteiger partial charge in [-0.25, -0.2) is 0 Å². The van der Waals surface area contributed by atoms with Crippen molar-refractivity contribution in [1.29, 1.82) is 0 Å². The van der Waals surface area contributed by atoms with Gasteiger partial charge in [0.25, 0.3) is 11.8 Å². The number of carbonyl (C=O) groups is 2. The van der Waals surface area contributed by atoms with Crippen LogP contribution in [0, 0.1) is 0 Å². The minimum Gasteiger partial charge on any atom is -0.496 e. The molecule has 2 amide bonds. The molecule has 0 bridgehead atoms. The maximum Gasteiger partial charge on any atom is 0.255 e. The first-order valence-corrected chi connectivity index (χ1v) is 6.88. The largest absolute Gasteiger partial charge is 0.496 e. The first-order valence-electron chi connectivity index (χ1n) is 6.88. The Hall–Kier alpha value is -2.82. The van der Waals surface area contributed by atoms with Crippen LogP contribution in [0.4, 0.5) is 0 Å². The molecule has 0 aliphatic carbocycles. The number of amides is 2. The van der Waals surface area contributed by atoms with Crippen molar-refractivity contribution in [2.24, 2.45) is 0 Å². The minimum absolute atomic E-state index is 0.135. The van der Waals surface area contributed by atoms with E-state index in [9.17, 15) is 9.59 Å². The Morgan fingerprint density at radius 1 is 1.00 bits per heavy atom. The normalized spacial score (nSPS) is 9.91. The molecule has 0 radical (unpaired) electrons. The van der Waals surface area contributed by atoms with E-state index in [0.29, 0.717) is 23.4 Å². The molecule has 0 unspecified atom stereocenters. The van der Waals surface area contributed by atoms with Crippen molar-refractivity contribution in [1.82, 2.24) is 10.6 Å². The quantitative estimate of drug-likeness (QED) is 0.887. The van der Waals surface area contributed by atoms with Gasteiger partial charge in [0.05, 0.1) is 12.7 Å². The van der Waals surface area contributed by atoms with Crippen LogP contribution in [0.5, 0.6) is 5.75 Å². The zero-order valence-electron chi connectivity index (χ0n) is 12.6. The van der Waals surface area contributed by atoms with Crippen LogP contribution in [0.25, 0.3) is 0 Å². The Kier molecular flexibility index (Phi) is 5.14. The molecule has 2 N–H and O–H groups in total. The lowest BCUT2D eigenvalue weighted by molar-refractivity contribution is 0.0943. The summed E-state index contributed by atoms with van der Waals surface area (Å²) in [6, 6.07) is 14.1. The molecule has 2 aromatic rings. The zero-order valence-corrected chi connectivity index (χ0v) is 12.6. The van der Waals surface area contributed by atoms with Gasteiger partial charge < -0.3 is 15.4 Å². The summed E-state index contributed by atoms with van der Waals surface area (Å²) in [7, 11) is 3.12. The van der Waals surface area contributed by atoms with E-state index in [2.05, 4.69) is 10.6 Å². The Balaban J connectivity index is 2.00. The number of hydrogen-bond acceptors (Lipinski definition) is 3. The molecule has 0 fully saturated rings. The second kappa shape index (κ2) is 7.26. The molecule has 0 aromatic heterocycles. The summed E-state index contributed by atoms with van der Waals surface area (Å²) < 4.78 is 5.17. The van der Waals surface area contributed by atoms with Crippen molar-refractivity contribution in [3.8, 4) is 5.75 Å². The number of hydrogen-bond donors (Lipinski definition) is 2. The number of benzene rings is 2. The highest BCUT2D eigenvalue weighted by atomic mass is 16.5. The third-order valence-corrected chi connectivity index (χ3v) is 3.25. The molecule has 0 saturated carbocycles. The highest BCUT2D eigenvalue weighted by Crippen LogP contribution is 2.17. The summed E-state index contributed by atoms with van der Waals surface area (Å²) in [6.45, 7) is 0.380. The van der Waals surface area contributed by atoms with E-state index in [1.54, 1.807) is 37.4 Å². The van der Waals surface area contributed by atoms with E-state index in [0.717, 1.165) is 5.56 Å². The van der Waals surface area contributed by atoms with Crippen molar-refractivity contribution in [2.75, 3.05) is 14.2 Å². The zero-order chi connectivity index (χ0) is 15.9. The van der Waals surface area contributed by atoms with Crippen molar-refractivity contribution in [3.05, 3.63) is 65.2 Å². The lowest BCUT2D eigenvalue weighted by Gasteiger charge is -2.09. The summed E-state index contributed by atoms with van der Waals surface area (Å²) in [5.74, 6) is 0.201. The smallest absolute Gasteiger partial charge is 0.255 e. The van der Waals surface area contributed by atoms with Crippen LogP contribution in [-0.2, 0) is 6.54 Å². The maximum absolute atomic E-state index is 12.2. The second-order valence-corrected chi connectivity index (χ2v) is 4.66. The molecule has 2 rings (SSSR count). The molecule has 2 aromatic carbocycles. The summed E-state index contributed by atoms with van der Waals surface area (Å²) >= 11 is 0. The van der Waals surface area contributed by atoms with Gasteiger partial charge in [0.2, 0.25) is 0 Å². The standard InChI is InChI=1S/C17H18N2O3/c1-18-16(20)13-9-7-12(8-10-13)11-19-17(21)14-5-3-4-6-15(14)22-2/h3-10H,11H2,1-2H3,(H,18,20)(H,19,21). The van der Waals surface area contributed by atoms with Gasteiger partial charge in [0.15, 0.2) is 0 Å². The predicted octanol–water partition coefficient (Wildman–Crippen LogP) is 1.98. The van der Waals surface area contributed by atoms with Crippen LogP contribution in [0.2, 0.25) is 0 Å². The summed E-state index contributed by atoms with van der Waals surface area (Å²) in [5, 5.41) is 5.40. The number of nitrogens with one attached hydrogen (secondary N) is 2. The molecule has 5 heteroatoms. The molecule has 0 atom stereocenters. The Morgan fingerprint density at radius 2 is 1.68 bits per heavy atom. The summed E-state index contributed by atoms with van der Waals surface area (Å²) in [4.78, 5) is 23.6. The Morgan fingerprint density at radius 3 is 2.32 bits per heavy atom. The monoisotopic (exact) mass is 298 g/mol. The van der Waals surface area contributed by atoms with Crippen molar-refractivity contribution in [3.63, 3.8) is 0 Å². The molecule has 5 nitrogen and oxygen atoms in total. The van der Waals surface area contributed by atoms with E-state index in [1.807, 2.05) is 18.2 Å². The first-order chi connectivity index (χ1) is 10.7. The molecule has 0 aliphatic rings. The van der Waals surface area contributed by atoms with Gasteiger partial charge >= 0.3 is 0 Å². The van der Waals surface area contributed by atoms with Gasteiger partial charge in [-0.1, -0.05) is 24.3 Å². The van der Waals surface area contributed by atoms with Gasteiger partial charge in [0.1, 0.15) is 5.75 Å². The van der Waals surface area contributed by atoms with E-state index in [-0.39, 0.29) is 11.8 Å².